The largest absolute Gasteiger partial charge is 0.450 e. The van der Waals surface area contributed by atoms with Crippen LogP contribution in [0.3, 0.4) is 0 Å². The maximum atomic E-state index is 11.5. The van der Waals surface area contributed by atoms with Crippen LogP contribution in [0.4, 0.5) is 4.79 Å². The highest BCUT2D eigenvalue weighted by Gasteiger charge is 2.06. The molecule has 5 nitrogen and oxygen atoms in total. The fourth-order valence-corrected chi connectivity index (χ4v) is 1.30. The molecule has 0 aromatic carbocycles. The SMILES string of the molecule is CCOC(=O)NC(=CC(=O)NCC(C)C)SC. The molecule has 0 heterocycles. The van der Waals surface area contributed by atoms with Crippen molar-refractivity contribution in [2.45, 2.75) is 20.8 Å². The summed E-state index contributed by atoms with van der Waals surface area (Å²) in [4.78, 5) is 22.6. The minimum atomic E-state index is -0.551. The molecule has 0 rings (SSSR count). The summed E-state index contributed by atoms with van der Waals surface area (Å²) in [7, 11) is 0. The molecule has 0 aromatic rings. The second kappa shape index (κ2) is 8.92. The Balaban J connectivity index is 4.23. The highest BCUT2D eigenvalue weighted by molar-refractivity contribution is 8.02. The van der Waals surface area contributed by atoms with Crippen LogP contribution in [0, 0.1) is 5.92 Å². The first-order valence-corrected chi connectivity index (χ1v) is 6.69. The van der Waals surface area contributed by atoms with E-state index in [9.17, 15) is 9.59 Å². The van der Waals surface area contributed by atoms with E-state index in [1.807, 2.05) is 13.8 Å². The Morgan fingerprint density at radius 1 is 1.41 bits per heavy atom. The van der Waals surface area contributed by atoms with Gasteiger partial charge in [-0.25, -0.2) is 4.79 Å². The number of amides is 2. The molecule has 0 fully saturated rings. The number of thioether (sulfide) groups is 1. The number of alkyl carbamates (subject to hydrolysis) is 1. The minimum Gasteiger partial charge on any atom is -0.450 e. The maximum Gasteiger partial charge on any atom is 0.412 e. The van der Waals surface area contributed by atoms with Crippen LogP contribution in [0.15, 0.2) is 11.1 Å². The minimum absolute atomic E-state index is 0.222. The molecule has 0 aliphatic heterocycles. The van der Waals surface area contributed by atoms with Gasteiger partial charge in [0, 0.05) is 12.6 Å². The Hall–Kier alpha value is -1.17. The normalized spacial score (nSPS) is 11.2. The first-order chi connectivity index (χ1) is 7.99. The molecule has 0 aliphatic carbocycles. The van der Waals surface area contributed by atoms with Crippen LogP contribution >= 0.6 is 11.8 Å². The van der Waals surface area contributed by atoms with Crippen molar-refractivity contribution in [3.8, 4) is 0 Å². The molecule has 2 N–H and O–H groups in total. The zero-order chi connectivity index (χ0) is 13.3. The summed E-state index contributed by atoms with van der Waals surface area (Å²) in [6, 6.07) is 0. The molecule has 0 atom stereocenters. The topological polar surface area (TPSA) is 67.4 Å². The summed E-state index contributed by atoms with van der Waals surface area (Å²) < 4.78 is 4.72. The Morgan fingerprint density at radius 3 is 2.53 bits per heavy atom. The van der Waals surface area contributed by atoms with Gasteiger partial charge in [-0.05, 0) is 19.1 Å². The summed E-state index contributed by atoms with van der Waals surface area (Å²) in [5.41, 5.74) is 0. The van der Waals surface area contributed by atoms with E-state index in [2.05, 4.69) is 10.6 Å². The van der Waals surface area contributed by atoms with Crippen molar-refractivity contribution < 1.29 is 14.3 Å². The standard InChI is InChI=1S/C11H20N2O3S/c1-5-16-11(15)13-10(17-4)6-9(14)12-7-8(2)3/h6,8H,5,7H2,1-4H3,(H,12,14)(H,13,15). The van der Waals surface area contributed by atoms with Gasteiger partial charge in [0.15, 0.2) is 0 Å². The monoisotopic (exact) mass is 260 g/mol. The Morgan fingerprint density at radius 2 is 2.06 bits per heavy atom. The molecule has 2 amide bonds. The predicted octanol–water partition coefficient (Wildman–Crippen LogP) is 1.71. The number of rotatable bonds is 6. The molecule has 0 aliphatic rings. The van der Waals surface area contributed by atoms with Gasteiger partial charge in [-0.1, -0.05) is 13.8 Å². The first kappa shape index (κ1) is 15.8. The van der Waals surface area contributed by atoms with Crippen molar-refractivity contribution in [1.29, 1.82) is 0 Å². The van der Waals surface area contributed by atoms with E-state index in [0.29, 0.717) is 24.1 Å². The molecular weight excluding hydrogens is 240 g/mol. The van der Waals surface area contributed by atoms with Crippen LogP contribution < -0.4 is 10.6 Å². The lowest BCUT2D eigenvalue weighted by molar-refractivity contribution is -0.116. The van der Waals surface area contributed by atoms with Gasteiger partial charge >= 0.3 is 6.09 Å². The maximum absolute atomic E-state index is 11.5. The Bertz CT molecular complexity index is 290. The van der Waals surface area contributed by atoms with Gasteiger partial charge in [0.25, 0.3) is 0 Å². The fraction of sp³-hybridized carbons (Fsp3) is 0.636. The van der Waals surface area contributed by atoms with Gasteiger partial charge in [-0.2, -0.15) is 0 Å². The molecule has 0 saturated carbocycles. The summed E-state index contributed by atoms with van der Waals surface area (Å²) in [5.74, 6) is 0.169. The van der Waals surface area contributed by atoms with E-state index in [4.69, 9.17) is 4.74 Å². The van der Waals surface area contributed by atoms with Gasteiger partial charge < -0.3 is 10.1 Å². The molecule has 0 radical (unpaired) electrons. The fourth-order valence-electron chi connectivity index (χ4n) is 0.889. The van der Waals surface area contributed by atoms with E-state index in [1.54, 1.807) is 13.2 Å². The van der Waals surface area contributed by atoms with E-state index < -0.39 is 6.09 Å². The number of ether oxygens (including phenoxy) is 1. The third-order valence-electron chi connectivity index (χ3n) is 1.67. The van der Waals surface area contributed by atoms with E-state index in [-0.39, 0.29) is 5.91 Å². The molecule has 0 unspecified atom stereocenters. The summed E-state index contributed by atoms with van der Waals surface area (Å²) in [6.07, 6.45) is 2.57. The zero-order valence-electron chi connectivity index (χ0n) is 10.7. The van der Waals surface area contributed by atoms with Crippen LogP contribution in [-0.2, 0) is 9.53 Å². The van der Waals surface area contributed by atoms with Crippen molar-refractivity contribution in [3.63, 3.8) is 0 Å². The van der Waals surface area contributed by atoms with Crippen LogP contribution in [-0.4, -0.2) is 31.4 Å². The highest BCUT2D eigenvalue weighted by atomic mass is 32.2. The van der Waals surface area contributed by atoms with Crippen LogP contribution in [0.2, 0.25) is 0 Å². The number of hydrogen-bond donors (Lipinski definition) is 2. The molecule has 98 valence electrons. The van der Waals surface area contributed by atoms with Gasteiger partial charge in [-0.3, -0.25) is 10.1 Å². The van der Waals surface area contributed by atoms with Crippen molar-refractivity contribution in [3.05, 3.63) is 11.1 Å². The van der Waals surface area contributed by atoms with Crippen molar-refractivity contribution in [2.24, 2.45) is 5.92 Å². The van der Waals surface area contributed by atoms with E-state index in [0.717, 1.165) is 0 Å². The lowest BCUT2D eigenvalue weighted by atomic mass is 10.2. The van der Waals surface area contributed by atoms with E-state index >= 15 is 0 Å². The predicted molar refractivity (Wildman–Crippen MR) is 69.6 cm³/mol. The molecule has 17 heavy (non-hydrogen) atoms. The lowest BCUT2D eigenvalue weighted by Gasteiger charge is -2.08. The van der Waals surface area contributed by atoms with Crippen LogP contribution in [0.1, 0.15) is 20.8 Å². The summed E-state index contributed by atoms with van der Waals surface area (Å²) in [6.45, 7) is 6.65. The second-order valence-corrected chi connectivity index (χ2v) is 4.55. The van der Waals surface area contributed by atoms with Gasteiger partial charge in [0.2, 0.25) is 5.91 Å². The molecule has 0 saturated heterocycles. The number of nitrogens with one attached hydrogen (secondary N) is 2. The lowest BCUT2D eigenvalue weighted by Crippen LogP contribution is -2.28. The first-order valence-electron chi connectivity index (χ1n) is 5.46. The molecule has 0 spiro atoms. The third kappa shape index (κ3) is 8.62. The van der Waals surface area contributed by atoms with Gasteiger partial charge in [0.1, 0.15) is 0 Å². The average Bonchev–Trinajstić information content (AvgIpc) is 2.25. The smallest absolute Gasteiger partial charge is 0.412 e. The van der Waals surface area contributed by atoms with Gasteiger partial charge in [-0.15, -0.1) is 11.8 Å². The van der Waals surface area contributed by atoms with Crippen molar-refractivity contribution >= 4 is 23.8 Å². The van der Waals surface area contributed by atoms with Gasteiger partial charge in [0.05, 0.1) is 11.6 Å². The number of carbonyl (C=O) groups is 2. The second-order valence-electron chi connectivity index (χ2n) is 3.70. The van der Waals surface area contributed by atoms with Crippen molar-refractivity contribution in [2.75, 3.05) is 19.4 Å². The Labute approximate surface area is 106 Å². The molecule has 6 heteroatoms. The number of carbonyl (C=O) groups excluding carboxylic acids is 2. The zero-order valence-corrected chi connectivity index (χ0v) is 11.5. The third-order valence-corrected chi connectivity index (χ3v) is 2.33. The average molecular weight is 260 g/mol. The molecule has 0 aromatic heterocycles. The summed E-state index contributed by atoms with van der Waals surface area (Å²) >= 11 is 1.28. The van der Waals surface area contributed by atoms with E-state index in [1.165, 1.54) is 17.8 Å². The number of hydrogen-bond acceptors (Lipinski definition) is 4. The Kier molecular flexibility index (Phi) is 8.31. The van der Waals surface area contributed by atoms with Crippen LogP contribution in [0.5, 0.6) is 0 Å². The van der Waals surface area contributed by atoms with Crippen molar-refractivity contribution in [1.82, 2.24) is 10.6 Å². The molecule has 0 bridgehead atoms. The molecular formula is C11H20N2O3S. The summed E-state index contributed by atoms with van der Waals surface area (Å²) in [5, 5.41) is 5.68. The quantitative estimate of drug-likeness (QED) is 0.713. The van der Waals surface area contributed by atoms with Crippen LogP contribution in [0.25, 0.3) is 0 Å². The highest BCUT2D eigenvalue weighted by Crippen LogP contribution is 2.07.